The summed E-state index contributed by atoms with van der Waals surface area (Å²) in [6.07, 6.45) is 0. The number of para-hydroxylation sites is 2. The zero-order chi connectivity index (χ0) is 23.2. The van der Waals surface area contributed by atoms with Crippen LogP contribution in [0, 0.1) is 0 Å². The molecule has 0 bridgehead atoms. The first-order valence-corrected chi connectivity index (χ1v) is 11.7. The van der Waals surface area contributed by atoms with Gasteiger partial charge in [0.1, 0.15) is 0 Å². The smallest absolute Gasteiger partial charge is 0.288 e. The number of nitrogens with zero attached hydrogens (tertiary/aromatic N) is 1. The Morgan fingerprint density at radius 2 is 1.61 bits per heavy atom. The third-order valence-electron chi connectivity index (χ3n) is 4.60. The molecule has 0 aliphatic rings. The fourth-order valence-electron chi connectivity index (χ4n) is 3.01. The van der Waals surface area contributed by atoms with Crippen LogP contribution in [-0.2, 0) is 5.75 Å². The SMILES string of the molecule is O=C(NNC(=O)c1ccccc1SC(F)F)c1ccc(CSc2nc3ccccc3[nH]2)cc1. The van der Waals surface area contributed by atoms with Crippen LogP contribution < -0.4 is 10.9 Å². The first-order valence-electron chi connectivity index (χ1n) is 9.80. The predicted octanol–water partition coefficient (Wildman–Crippen LogP) is 5.24. The van der Waals surface area contributed by atoms with E-state index in [1.54, 1.807) is 36.0 Å². The minimum atomic E-state index is -2.66. The van der Waals surface area contributed by atoms with Crippen molar-refractivity contribution in [3.8, 4) is 0 Å². The van der Waals surface area contributed by atoms with Gasteiger partial charge in [-0.05, 0) is 42.0 Å². The molecule has 0 atom stereocenters. The second-order valence-electron chi connectivity index (χ2n) is 6.83. The molecule has 33 heavy (non-hydrogen) atoms. The normalized spacial score (nSPS) is 11.0. The molecule has 0 radical (unpaired) electrons. The maximum Gasteiger partial charge on any atom is 0.288 e. The molecule has 1 aromatic heterocycles. The van der Waals surface area contributed by atoms with Gasteiger partial charge in [0, 0.05) is 16.2 Å². The Balaban J connectivity index is 1.31. The monoisotopic (exact) mass is 484 g/mol. The molecule has 3 aromatic carbocycles. The fourth-order valence-corrected chi connectivity index (χ4v) is 4.49. The number of aromatic nitrogens is 2. The number of hydrogen-bond donors (Lipinski definition) is 3. The quantitative estimate of drug-likeness (QED) is 0.247. The summed E-state index contributed by atoms with van der Waals surface area (Å²) in [5.74, 6) is -3.18. The van der Waals surface area contributed by atoms with Gasteiger partial charge in [-0.25, -0.2) is 4.98 Å². The van der Waals surface area contributed by atoms with Crippen LogP contribution in [0.1, 0.15) is 26.3 Å². The van der Waals surface area contributed by atoms with Crippen LogP contribution in [-0.4, -0.2) is 27.5 Å². The van der Waals surface area contributed by atoms with Gasteiger partial charge in [-0.2, -0.15) is 8.78 Å². The Hall–Kier alpha value is -3.37. The van der Waals surface area contributed by atoms with Crippen molar-refractivity contribution in [2.24, 2.45) is 0 Å². The summed E-state index contributed by atoms with van der Waals surface area (Å²) in [7, 11) is 0. The number of carbonyl (C=O) groups is 2. The molecule has 0 aliphatic heterocycles. The topological polar surface area (TPSA) is 86.9 Å². The van der Waals surface area contributed by atoms with Crippen molar-refractivity contribution in [3.63, 3.8) is 0 Å². The van der Waals surface area contributed by atoms with E-state index in [1.165, 1.54) is 12.1 Å². The number of carbonyl (C=O) groups excluding carboxylic acids is 2. The van der Waals surface area contributed by atoms with Gasteiger partial charge in [0.25, 0.3) is 17.6 Å². The van der Waals surface area contributed by atoms with Crippen LogP contribution in [0.4, 0.5) is 8.78 Å². The van der Waals surface area contributed by atoms with Gasteiger partial charge >= 0.3 is 0 Å². The summed E-state index contributed by atoms with van der Waals surface area (Å²) >= 11 is 1.83. The van der Waals surface area contributed by atoms with Crippen LogP contribution in [0.5, 0.6) is 0 Å². The third kappa shape index (κ3) is 5.91. The molecule has 4 rings (SSSR count). The van der Waals surface area contributed by atoms with Gasteiger partial charge in [0.05, 0.1) is 16.6 Å². The van der Waals surface area contributed by atoms with Crippen molar-refractivity contribution in [1.29, 1.82) is 0 Å². The molecule has 0 spiro atoms. The highest BCUT2D eigenvalue weighted by molar-refractivity contribution is 7.99. The molecule has 0 saturated carbocycles. The standard InChI is InChI=1S/C23H18F2N4O2S2/c24-22(25)33-19-8-4-1-5-16(19)21(31)29-28-20(30)15-11-9-14(10-12-15)13-32-23-26-17-6-2-3-7-18(17)27-23/h1-12,22H,13H2,(H,26,27)(H,28,30)(H,29,31). The van der Waals surface area contributed by atoms with Crippen LogP contribution in [0.2, 0.25) is 0 Å². The van der Waals surface area contributed by atoms with Crippen molar-refractivity contribution in [1.82, 2.24) is 20.8 Å². The fraction of sp³-hybridized carbons (Fsp3) is 0.0870. The lowest BCUT2D eigenvalue weighted by atomic mass is 10.1. The molecule has 0 fully saturated rings. The largest absolute Gasteiger partial charge is 0.333 e. The van der Waals surface area contributed by atoms with Crippen LogP contribution in [0.15, 0.2) is 82.8 Å². The number of amides is 2. The molecule has 0 unspecified atom stereocenters. The Kier molecular flexibility index (Phi) is 7.26. The number of rotatable bonds is 7. The number of fused-ring (bicyclic) bond motifs is 1. The molecule has 2 amide bonds. The zero-order valence-corrected chi connectivity index (χ0v) is 18.7. The number of nitrogens with one attached hydrogen (secondary N) is 3. The van der Waals surface area contributed by atoms with Crippen LogP contribution in [0.25, 0.3) is 11.0 Å². The zero-order valence-electron chi connectivity index (χ0n) is 17.0. The molecule has 4 aromatic rings. The van der Waals surface area contributed by atoms with E-state index in [0.717, 1.165) is 21.8 Å². The van der Waals surface area contributed by atoms with Gasteiger partial charge in [0.15, 0.2) is 5.16 Å². The Morgan fingerprint density at radius 3 is 2.36 bits per heavy atom. The van der Waals surface area contributed by atoms with E-state index < -0.39 is 17.6 Å². The summed E-state index contributed by atoms with van der Waals surface area (Å²) in [6, 6.07) is 20.7. The number of benzene rings is 3. The van der Waals surface area contributed by atoms with Gasteiger partial charge in [0.2, 0.25) is 0 Å². The molecule has 0 aliphatic carbocycles. The van der Waals surface area contributed by atoms with E-state index in [1.807, 2.05) is 36.4 Å². The van der Waals surface area contributed by atoms with Crippen molar-refractivity contribution in [3.05, 3.63) is 89.5 Å². The van der Waals surface area contributed by atoms with Crippen molar-refractivity contribution < 1.29 is 18.4 Å². The third-order valence-corrected chi connectivity index (χ3v) is 6.33. The molecule has 168 valence electrons. The molecule has 10 heteroatoms. The second-order valence-corrected chi connectivity index (χ2v) is 8.82. The summed E-state index contributed by atoms with van der Waals surface area (Å²) < 4.78 is 25.4. The number of hydrogen-bond acceptors (Lipinski definition) is 5. The maximum atomic E-state index is 12.7. The number of alkyl halides is 2. The number of aromatic amines is 1. The van der Waals surface area contributed by atoms with E-state index in [9.17, 15) is 18.4 Å². The summed E-state index contributed by atoms with van der Waals surface area (Å²) in [5, 5.41) is 0.811. The highest BCUT2D eigenvalue weighted by atomic mass is 32.2. The minimum Gasteiger partial charge on any atom is -0.333 e. The minimum absolute atomic E-state index is 0.0565. The lowest BCUT2D eigenvalue weighted by Crippen LogP contribution is -2.41. The first-order chi connectivity index (χ1) is 16.0. The summed E-state index contributed by atoms with van der Waals surface area (Å²) in [4.78, 5) is 32.6. The van der Waals surface area contributed by atoms with Crippen LogP contribution >= 0.6 is 23.5 Å². The molecule has 6 nitrogen and oxygen atoms in total. The van der Waals surface area contributed by atoms with Gasteiger partial charge in [-0.1, -0.05) is 59.9 Å². The van der Waals surface area contributed by atoms with E-state index in [4.69, 9.17) is 0 Å². The molecule has 1 heterocycles. The van der Waals surface area contributed by atoms with Gasteiger partial charge < -0.3 is 4.98 Å². The highest BCUT2D eigenvalue weighted by Gasteiger charge is 2.16. The second kappa shape index (κ2) is 10.5. The molecule has 3 N–H and O–H groups in total. The number of halogens is 2. The predicted molar refractivity (Wildman–Crippen MR) is 125 cm³/mol. The first kappa shape index (κ1) is 22.8. The van der Waals surface area contributed by atoms with Crippen molar-refractivity contribution in [2.45, 2.75) is 21.6 Å². The van der Waals surface area contributed by atoms with Gasteiger partial charge in [-0.15, -0.1) is 0 Å². The highest BCUT2D eigenvalue weighted by Crippen LogP contribution is 2.28. The number of imidazole rings is 1. The Morgan fingerprint density at radius 1 is 0.909 bits per heavy atom. The Bertz CT molecular complexity index is 1250. The van der Waals surface area contributed by atoms with E-state index in [2.05, 4.69) is 20.8 Å². The summed E-state index contributed by atoms with van der Waals surface area (Å²) in [5.41, 5.74) is 7.88. The Labute approximate surface area is 196 Å². The molecular weight excluding hydrogens is 466 g/mol. The van der Waals surface area contributed by atoms with Crippen molar-refractivity contribution >= 4 is 46.4 Å². The van der Waals surface area contributed by atoms with Crippen LogP contribution in [0.3, 0.4) is 0 Å². The van der Waals surface area contributed by atoms with E-state index in [-0.39, 0.29) is 22.2 Å². The lowest BCUT2D eigenvalue weighted by Gasteiger charge is -2.11. The summed E-state index contributed by atoms with van der Waals surface area (Å²) in [6.45, 7) is 0. The van der Waals surface area contributed by atoms with E-state index >= 15 is 0 Å². The number of thioether (sulfide) groups is 2. The average Bonchev–Trinajstić information content (AvgIpc) is 3.24. The van der Waals surface area contributed by atoms with Gasteiger partial charge in [-0.3, -0.25) is 20.4 Å². The van der Waals surface area contributed by atoms with Crippen molar-refractivity contribution in [2.75, 3.05) is 0 Å². The molecule has 0 saturated heterocycles. The average molecular weight is 485 g/mol. The molecular formula is C23H18F2N4O2S2. The maximum absolute atomic E-state index is 12.7. The number of hydrazine groups is 1. The number of H-pyrrole nitrogens is 1. The lowest BCUT2D eigenvalue weighted by molar-refractivity contribution is 0.0845. The van der Waals surface area contributed by atoms with E-state index in [0.29, 0.717) is 11.3 Å².